The maximum atomic E-state index is 12.3. The second-order valence-corrected chi connectivity index (χ2v) is 5.22. The smallest absolute Gasteiger partial charge is 0.377 e. The Morgan fingerprint density at radius 1 is 1.50 bits per heavy atom. The molecule has 108 valence electrons. The number of carbonyl (C=O) groups is 1. The van der Waals surface area contributed by atoms with Crippen LogP contribution >= 0.6 is 0 Å². The van der Waals surface area contributed by atoms with Gasteiger partial charge in [-0.1, -0.05) is 12.5 Å². The first-order valence-electron chi connectivity index (χ1n) is 6.93. The third kappa shape index (κ3) is 3.11. The van der Waals surface area contributed by atoms with Gasteiger partial charge in [-0.2, -0.15) is 0 Å². The van der Waals surface area contributed by atoms with Gasteiger partial charge in [0.1, 0.15) is 0 Å². The fourth-order valence-electron chi connectivity index (χ4n) is 2.57. The van der Waals surface area contributed by atoms with Gasteiger partial charge in [-0.05, 0) is 39.2 Å². The molecule has 1 aliphatic rings. The van der Waals surface area contributed by atoms with Crippen LogP contribution in [0.2, 0.25) is 6.82 Å². The van der Waals surface area contributed by atoms with Gasteiger partial charge in [-0.3, -0.25) is 15.0 Å². The van der Waals surface area contributed by atoms with Crippen LogP contribution in [0.5, 0.6) is 0 Å². The number of nitrogens with zero attached hydrogens (tertiary/aromatic N) is 2. The summed E-state index contributed by atoms with van der Waals surface area (Å²) in [5, 5.41) is 9.74. The standard InChI is InChI=1S/C13H20BN3O3/c1-10-6-5-9-17(13(10)19)15-12(18)11-7-3-4-8-16(11)14(2)20/h5-6,9,11,20H,3-4,7-8H2,1-2H3,(H,15,18)/t11-/m1/s1. The lowest BCUT2D eigenvalue weighted by Gasteiger charge is -2.35. The van der Waals surface area contributed by atoms with Gasteiger partial charge < -0.3 is 9.83 Å². The van der Waals surface area contributed by atoms with E-state index in [9.17, 15) is 14.6 Å². The molecular formula is C13H20BN3O3. The van der Waals surface area contributed by atoms with Crippen LogP contribution in [-0.2, 0) is 4.79 Å². The van der Waals surface area contributed by atoms with Crippen molar-refractivity contribution in [1.29, 1.82) is 0 Å². The number of aromatic nitrogens is 1. The molecule has 0 radical (unpaired) electrons. The second kappa shape index (κ2) is 6.24. The zero-order chi connectivity index (χ0) is 14.7. The number of rotatable bonds is 3. The predicted octanol–water partition coefficient (Wildman–Crippen LogP) is 0.192. The largest absolute Gasteiger partial charge is 0.437 e. The van der Waals surface area contributed by atoms with Gasteiger partial charge in [0.2, 0.25) is 0 Å². The first-order chi connectivity index (χ1) is 9.50. The molecule has 2 rings (SSSR count). The molecule has 1 fully saturated rings. The Hall–Kier alpha value is -1.60. The minimum atomic E-state index is -0.666. The van der Waals surface area contributed by atoms with Gasteiger partial charge in [-0.25, -0.2) is 4.68 Å². The Morgan fingerprint density at radius 3 is 2.95 bits per heavy atom. The highest BCUT2D eigenvalue weighted by molar-refractivity contribution is 6.45. The Labute approximate surface area is 118 Å². The van der Waals surface area contributed by atoms with E-state index in [1.165, 1.54) is 10.9 Å². The number of hydrogen-bond donors (Lipinski definition) is 2. The number of nitrogens with one attached hydrogen (secondary N) is 1. The lowest BCUT2D eigenvalue weighted by atomic mass is 9.79. The Bertz CT molecular complexity index is 544. The number of carbonyl (C=O) groups excluding carboxylic acids is 1. The summed E-state index contributed by atoms with van der Waals surface area (Å²) in [6.07, 6.45) is 4.14. The van der Waals surface area contributed by atoms with Gasteiger partial charge in [0.15, 0.2) is 0 Å². The molecule has 1 atom stereocenters. The van der Waals surface area contributed by atoms with Gasteiger partial charge in [0.25, 0.3) is 11.5 Å². The highest BCUT2D eigenvalue weighted by atomic mass is 16.2. The van der Waals surface area contributed by atoms with Gasteiger partial charge >= 0.3 is 7.05 Å². The summed E-state index contributed by atoms with van der Waals surface area (Å²) in [7, 11) is -0.666. The van der Waals surface area contributed by atoms with Gasteiger partial charge in [-0.15, -0.1) is 0 Å². The van der Waals surface area contributed by atoms with E-state index in [1.54, 1.807) is 30.7 Å². The van der Waals surface area contributed by atoms with Crippen molar-refractivity contribution < 1.29 is 9.82 Å². The van der Waals surface area contributed by atoms with E-state index in [0.717, 1.165) is 12.8 Å². The Balaban J connectivity index is 2.14. The molecule has 7 heteroatoms. The number of pyridine rings is 1. The quantitative estimate of drug-likeness (QED) is 0.773. The molecule has 0 aliphatic carbocycles. The lowest BCUT2D eigenvalue weighted by molar-refractivity contribution is -0.121. The van der Waals surface area contributed by atoms with Crippen LogP contribution in [0, 0.1) is 6.92 Å². The first-order valence-corrected chi connectivity index (χ1v) is 6.93. The third-order valence-corrected chi connectivity index (χ3v) is 3.69. The number of aryl methyl sites for hydroxylation is 1. The van der Waals surface area contributed by atoms with E-state index >= 15 is 0 Å². The average molecular weight is 277 g/mol. The van der Waals surface area contributed by atoms with Crippen molar-refractivity contribution in [1.82, 2.24) is 9.49 Å². The van der Waals surface area contributed by atoms with Crippen LogP contribution in [0.15, 0.2) is 23.1 Å². The molecule has 0 aromatic carbocycles. The summed E-state index contributed by atoms with van der Waals surface area (Å²) in [5.74, 6) is -0.252. The predicted molar refractivity (Wildman–Crippen MR) is 78.0 cm³/mol. The SMILES string of the molecule is CB(O)N1CCCC[C@@H]1C(=O)Nn1cccc(C)c1=O. The molecular weight excluding hydrogens is 257 g/mol. The van der Waals surface area contributed by atoms with E-state index in [2.05, 4.69) is 5.43 Å². The maximum absolute atomic E-state index is 12.3. The molecule has 1 aliphatic heterocycles. The molecule has 0 spiro atoms. The van der Waals surface area contributed by atoms with Gasteiger partial charge in [0.05, 0.1) is 6.04 Å². The van der Waals surface area contributed by atoms with E-state index in [4.69, 9.17) is 0 Å². The third-order valence-electron chi connectivity index (χ3n) is 3.69. The van der Waals surface area contributed by atoms with Crippen molar-refractivity contribution in [2.45, 2.75) is 39.1 Å². The molecule has 20 heavy (non-hydrogen) atoms. The lowest BCUT2D eigenvalue weighted by Crippen LogP contribution is -2.54. The maximum Gasteiger partial charge on any atom is 0.377 e. The molecule has 0 unspecified atom stereocenters. The molecule has 1 saturated heterocycles. The van der Waals surface area contributed by atoms with Crippen molar-refractivity contribution in [2.75, 3.05) is 12.0 Å². The zero-order valence-corrected chi connectivity index (χ0v) is 11.9. The topological polar surface area (TPSA) is 74.6 Å². The Kier molecular flexibility index (Phi) is 4.62. The minimum absolute atomic E-state index is 0.236. The normalized spacial score (nSPS) is 19.6. The molecule has 2 N–H and O–H groups in total. The summed E-state index contributed by atoms with van der Waals surface area (Å²) in [6.45, 7) is 4.05. The van der Waals surface area contributed by atoms with Crippen molar-refractivity contribution in [3.63, 3.8) is 0 Å². The van der Waals surface area contributed by atoms with Crippen LogP contribution < -0.4 is 11.0 Å². The number of amides is 1. The molecule has 0 bridgehead atoms. The molecule has 2 heterocycles. The minimum Gasteiger partial charge on any atom is -0.437 e. The fourth-order valence-corrected chi connectivity index (χ4v) is 2.57. The monoisotopic (exact) mass is 277 g/mol. The summed E-state index contributed by atoms with van der Waals surface area (Å²) in [5.41, 5.74) is 2.96. The highest BCUT2D eigenvalue weighted by Gasteiger charge is 2.33. The molecule has 1 aromatic heterocycles. The van der Waals surface area contributed by atoms with Crippen molar-refractivity contribution in [3.8, 4) is 0 Å². The zero-order valence-electron chi connectivity index (χ0n) is 11.9. The number of piperidine rings is 1. The second-order valence-electron chi connectivity index (χ2n) is 5.22. The summed E-state index contributed by atoms with van der Waals surface area (Å²) in [4.78, 5) is 26.0. The van der Waals surface area contributed by atoms with Crippen LogP contribution in [0.3, 0.4) is 0 Å². The van der Waals surface area contributed by atoms with E-state index in [-0.39, 0.29) is 11.5 Å². The van der Waals surface area contributed by atoms with Crippen LogP contribution in [-0.4, -0.2) is 40.1 Å². The Morgan fingerprint density at radius 2 is 2.25 bits per heavy atom. The van der Waals surface area contributed by atoms with Crippen molar-refractivity contribution in [2.24, 2.45) is 0 Å². The van der Waals surface area contributed by atoms with E-state index < -0.39 is 13.1 Å². The molecule has 1 amide bonds. The summed E-state index contributed by atoms with van der Waals surface area (Å²) >= 11 is 0. The number of hydrogen-bond acceptors (Lipinski definition) is 4. The summed E-state index contributed by atoms with van der Waals surface area (Å²) < 4.78 is 1.20. The molecule has 0 saturated carbocycles. The molecule has 1 aromatic rings. The summed E-state index contributed by atoms with van der Waals surface area (Å²) in [6, 6.07) is 3.02. The van der Waals surface area contributed by atoms with Gasteiger partial charge in [0, 0.05) is 11.8 Å². The van der Waals surface area contributed by atoms with Crippen molar-refractivity contribution in [3.05, 3.63) is 34.2 Å². The first kappa shape index (κ1) is 14.8. The van der Waals surface area contributed by atoms with Crippen LogP contribution in [0.4, 0.5) is 0 Å². The van der Waals surface area contributed by atoms with Crippen LogP contribution in [0.1, 0.15) is 24.8 Å². The van der Waals surface area contributed by atoms with Crippen LogP contribution in [0.25, 0.3) is 0 Å². The fraction of sp³-hybridized carbons (Fsp3) is 0.538. The highest BCUT2D eigenvalue weighted by Crippen LogP contribution is 2.18. The van der Waals surface area contributed by atoms with Crippen molar-refractivity contribution >= 4 is 13.0 Å². The van der Waals surface area contributed by atoms with E-state index in [1.807, 2.05) is 0 Å². The molecule has 6 nitrogen and oxygen atoms in total. The average Bonchev–Trinajstić information content (AvgIpc) is 2.43. The van der Waals surface area contributed by atoms with E-state index in [0.29, 0.717) is 18.5 Å².